The lowest BCUT2D eigenvalue weighted by Crippen LogP contribution is -2.48. The molecule has 2 aliphatic heterocycles. The largest absolute Gasteiger partial charge is 0.338 e. The van der Waals surface area contributed by atoms with Gasteiger partial charge in [0.2, 0.25) is 0 Å². The van der Waals surface area contributed by atoms with Crippen molar-refractivity contribution in [2.24, 2.45) is 0 Å². The minimum atomic E-state index is 0.0289. The van der Waals surface area contributed by atoms with E-state index in [0.29, 0.717) is 6.54 Å². The summed E-state index contributed by atoms with van der Waals surface area (Å²) in [6.45, 7) is 12.7. The Hall–Kier alpha value is -1.81. The first-order valence-electron chi connectivity index (χ1n) is 8.57. The average Bonchev–Trinajstić information content (AvgIpc) is 2.85. The molecule has 4 nitrogen and oxygen atoms in total. The molecule has 0 atom stereocenters. The number of amides is 2. The highest BCUT2D eigenvalue weighted by Crippen LogP contribution is 2.46. The second-order valence-electron chi connectivity index (χ2n) is 6.95. The lowest BCUT2D eigenvalue weighted by molar-refractivity contribution is 0.177. The Kier molecular flexibility index (Phi) is 4.44. The second kappa shape index (κ2) is 6.36. The molecule has 0 bridgehead atoms. The van der Waals surface area contributed by atoms with Crippen molar-refractivity contribution < 1.29 is 4.79 Å². The molecule has 1 N–H and O–H groups in total. The number of rotatable bonds is 3. The van der Waals surface area contributed by atoms with Gasteiger partial charge in [0.25, 0.3) is 0 Å². The van der Waals surface area contributed by atoms with Crippen LogP contribution >= 0.6 is 0 Å². The Bertz CT molecular complexity index is 602. The highest BCUT2D eigenvalue weighted by atomic mass is 16.2. The predicted octanol–water partition coefficient (Wildman–Crippen LogP) is 3.15. The van der Waals surface area contributed by atoms with Crippen molar-refractivity contribution in [2.75, 3.05) is 37.6 Å². The van der Waals surface area contributed by atoms with Crippen molar-refractivity contribution in [3.8, 4) is 0 Å². The molecular formula is C19H27N3O. The van der Waals surface area contributed by atoms with Crippen LogP contribution in [-0.4, -0.2) is 43.7 Å². The third-order valence-electron chi connectivity index (χ3n) is 5.11. The molecule has 0 radical (unpaired) electrons. The van der Waals surface area contributed by atoms with Crippen molar-refractivity contribution in [3.05, 3.63) is 42.0 Å². The summed E-state index contributed by atoms with van der Waals surface area (Å²) >= 11 is 0. The van der Waals surface area contributed by atoms with Crippen molar-refractivity contribution in [2.45, 2.75) is 32.1 Å². The zero-order chi connectivity index (χ0) is 16.4. The summed E-state index contributed by atoms with van der Waals surface area (Å²) in [5, 5.41) is 2.95. The lowest BCUT2D eigenvalue weighted by Gasteiger charge is -2.40. The summed E-state index contributed by atoms with van der Waals surface area (Å²) in [7, 11) is 0. The van der Waals surface area contributed by atoms with Crippen LogP contribution in [0.2, 0.25) is 0 Å². The maximum atomic E-state index is 12.4. The standard InChI is InChI=1S/C19H27N3O/c1-4-20-18(23)22-14-19(16-7-5-6-8-17(16)22)9-11-21(12-10-19)13-15(2)3/h5-8H,2,4,9-14H2,1,3H3,(H,20,23). The van der Waals surface area contributed by atoms with E-state index >= 15 is 0 Å². The summed E-state index contributed by atoms with van der Waals surface area (Å²) in [6.07, 6.45) is 2.21. The summed E-state index contributed by atoms with van der Waals surface area (Å²) in [5.41, 5.74) is 3.78. The summed E-state index contributed by atoms with van der Waals surface area (Å²) in [4.78, 5) is 16.9. The number of para-hydroxylation sites is 1. The Labute approximate surface area is 139 Å². The van der Waals surface area contributed by atoms with E-state index in [2.05, 4.69) is 41.9 Å². The number of anilines is 1. The van der Waals surface area contributed by atoms with Gasteiger partial charge in [0, 0.05) is 30.7 Å². The topological polar surface area (TPSA) is 35.6 Å². The highest BCUT2D eigenvalue weighted by molar-refractivity contribution is 5.95. The van der Waals surface area contributed by atoms with Gasteiger partial charge in [0.1, 0.15) is 0 Å². The maximum absolute atomic E-state index is 12.4. The SMILES string of the molecule is C=C(C)CN1CCC2(CC1)CN(C(=O)NCC)c1ccccc12. The molecule has 1 saturated heterocycles. The quantitative estimate of drug-likeness (QED) is 0.870. The minimum absolute atomic E-state index is 0.0289. The molecule has 23 heavy (non-hydrogen) atoms. The molecule has 0 aliphatic carbocycles. The van der Waals surface area contributed by atoms with E-state index in [1.807, 2.05) is 17.9 Å². The first-order valence-corrected chi connectivity index (χ1v) is 8.57. The van der Waals surface area contributed by atoms with E-state index in [4.69, 9.17) is 0 Å². The molecule has 3 rings (SSSR count). The van der Waals surface area contributed by atoms with Gasteiger partial charge in [-0.2, -0.15) is 0 Å². The van der Waals surface area contributed by atoms with Crippen LogP contribution in [0.3, 0.4) is 0 Å². The molecule has 0 unspecified atom stereocenters. The Morgan fingerprint density at radius 1 is 1.30 bits per heavy atom. The van der Waals surface area contributed by atoms with E-state index < -0.39 is 0 Å². The predicted molar refractivity (Wildman–Crippen MR) is 95.0 cm³/mol. The molecule has 1 spiro atoms. The fraction of sp³-hybridized carbons (Fsp3) is 0.526. The molecule has 0 saturated carbocycles. The Balaban J connectivity index is 1.82. The summed E-state index contributed by atoms with van der Waals surface area (Å²) in [5.74, 6) is 0. The molecule has 1 aromatic rings. The zero-order valence-corrected chi connectivity index (χ0v) is 14.3. The number of carbonyl (C=O) groups excluding carboxylic acids is 1. The van der Waals surface area contributed by atoms with Crippen LogP contribution in [0.25, 0.3) is 0 Å². The van der Waals surface area contributed by atoms with E-state index in [1.54, 1.807) is 0 Å². The number of piperidine rings is 1. The third kappa shape index (κ3) is 3.00. The van der Waals surface area contributed by atoms with Crippen LogP contribution in [0, 0.1) is 0 Å². The van der Waals surface area contributed by atoms with Gasteiger partial charge in [0.05, 0.1) is 0 Å². The van der Waals surface area contributed by atoms with Crippen molar-refractivity contribution in [3.63, 3.8) is 0 Å². The van der Waals surface area contributed by atoms with Crippen LogP contribution in [0.5, 0.6) is 0 Å². The Morgan fingerprint density at radius 2 is 2.00 bits per heavy atom. The van der Waals surface area contributed by atoms with Gasteiger partial charge in [-0.1, -0.05) is 30.4 Å². The summed E-state index contributed by atoms with van der Waals surface area (Å²) < 4.78 is 0. The number of fused-ring (bicyclic) bond motifs is 2. The second-order valence-corrected chi connectivity index (χ2v) is 6.95. The molecule has 2 heterocycles. The highest BCUT2D eigenvalue weighted by Gasteiger charge is 2.45. The fourth-order valence-corrected chi connectivity index (χ4v) is 4.01. The van der Waals surface area contributed by atoms with Crippen molar-refractivity contribution in [1.29, 1.82) is 0 Å². The molecule has 0 aromatic heterocycles. The summed E-state index contributed by atoms with van der Waals surface area (Å²) in [6, 6.07) is 8.45. The fourth-order valence-electron chi connectivity index (χ4n) is 4.01. The van der Waals surface area contributed by atoms with Crippen molar-refractivity contribution >= 4 is 11.7 Å². The van der Waals surface area contributed by atoms with Gasteiger partial charge in [-0.15, -0.1) is 0 Å². The van der Waals surface area contributed by atoms with E-state index in [-0.39, 0.29) is 11.4 Å². The average molecular weight is 313 g/mol. The smallest absolute Gasteiger partial charge is 0.321 e. The normalized spacial score (nSPS) is 19.7. The maximum Gasteiger partial charge on any atom is 0.321 e. The monoisotopic (exact) mass is 313 g/mol. The van der Waals surface area contributed by atoms with Gasteiger partial charge >= 0.3 is 6.03 Å². The number of hydrogen-bond donors (Lipinski definition) is 1. The van der Waals surface area contributed by atoms with Crippen LogP contribution in [0.1, 0.15) is 32.3 Å². The van der Waals surface area contributed by atoms with Crippen LogP contribution in [-0.2, 0) is 5.41 Å². The molecular weight excluding hydrogens is 286 g/mol. The number of benzene rings is 1. The number of likely N-dealkylation sites (tertiary alicyclic amines) is 1. The minimum Gasteiger partial charge on any atom is -0.338 e. The Morgan fingerprint density at radius 3 is 2.65 bits per heavy atom. The number of nitrogens with zero attached hydrogens (tertiary/aromatic N) is 2. The molecule has 1 fully saturated rings. The van der Waals surface area contributed by atoms with Crippen LogP contribution in [0.15, 0.2) is 36.4 Å². The first kappa shape index (κ1) is 16.1. The lowest BCUT2D eigenvalue weighted by atomic mass is 9.74. The van der Waals surface area contributed by atoms with E-state index in [1.165, 1.54) is 11.1 Å². The first-order chi connectivity index (χ1) is 11.1. The molecule has 1 aromatic carbocycles. The molecule has 2 aliphatic rings. The number of urea groups is 1. The number of carbonyl (C=O) groups is 1. The van der Waals surface area contributed by atoms with E-state index in [0.717, 1.165) is 44.7 Å². The molecule has 2 amide bonds. The van der Waals surface area contributed by atoms with Crippen LogP contribution < -0.4 is 10.2 Å². The van der Waals surface area contributed by atoms with Gasteiger partial charge < -0.3 is 5.32 Å². The number of hydrogen-bond acceptors (Lipinski definition) is 2. The van der Waals surface area contributed by atoms with Crippen LogP contribution in [0.4, 0.5) is 10.5 Å². The molecule has 4 heteroatoms. The van der Waals surface area contributed by atoms with Gasteiger partial charge in [-0.3, -0.25) is 9.80 Å². The third-order valence-corrected chi connectivity index (χ3v) is 5.11. The zero-order valence-electron chi connectivity index (χ0n) is 14.3. The van der Waals surface area contributed by atoms with E-state index in [9.17, 15) is 4.79 Å². The molecule has 124 valence electrons. The number of nitrogens with one attached hydrogen (secondary N) is 1. The van der Waals surface area contributed by atoms with Gasteiger partial charge in [-0.05, 0) is 51.4 Å². The van der Waals surface area contributed by atoms with Gasteiger partial charge in [0.15, 0.2) is 0 Å². The van der Waals surface area contributed by atoms with Crippen molar-refractivity contribution in [1.82, 2.24) is 10.2 Å². The van der Waals surface area contributed by atoms with Gasteiger partial charge in [-0.25, -0.2) is 4.79 Å².